The molecule has 1 saturated heterocycles. The van der Waals surface area contributed by atoms with Gasteiger partial charge in [-0.05, 0) is 75.1 Å². The first-order chi connectivity index (χ1) is 18.5. The maximum atomic E-state index is 5.19. The second-order valence-corrected chi connectivity index (χ2v) is 15.0. The van der Waals surface area contributed by atoms with Crippen LogP contribution in [0.2, 0.25) is 0 Å². The number of anilines is 1. The summed E-state index contributed by atoms with van der Waals surface area (Å²) in [6.45, 7) is 29.1. The van der Waals surface area contributed by atoms with Crippen molar-refractivity contribution in [2.24, 2.45) is 11.3 Å². The minimum Gasteiger partial charge on any atom is -0.393 e. The average Bonchev–Trinajstić information content (AvgIpc) is 3.44. The van der Waals surface area contributed by atoms with Gasteiger partial charge in [0.25, 0.3) is 0 Å². The van der Waals surface area contributed by atoms with Gasteiger partial charge < -0.3 is 14.9 Å². The second-order valence-electron chi connectivity index (χ2n) is 12.6. The summed E-state index contributed by atoms with van der Waals surface area (Å²) >= 11 is 0. The first kappa shape index (κ1) is 33.3. The Balaban J connectivity index is 0.00000274. The van der Waals surface area contributed by atoms with E-state index in [1.807, 2.05) is 51.0 Å². The number of nitrogens with one attached hydrogen (secondary N) is 2. The first-order valence-corrected chi connectivity index (χ1v) is 16.3. The third kappa shape index (κ3) is 8.29. The molecule has 2 aromatic heterocycles. The van der Waals surface area contributed by atoms with Gasteiger partial charge in [-0.2, -0.15) is 5.10 Å². The van der Waals surface area contributed by atoms with Gasteiger partial charge in [-0.1, -0.05) is 66.4 Å². The number of pyridine rings is 1. The average molecular weight is 567 g/mol. The fourth-order valence-electron chi connectivity index (χ4n) is 5.14. The van der Waals surface area contributed by atoms with E-state index in [9.17, 15) is 0 Å². The number of rotatable bonds is 10. The molecule has 1 unspecified atom stereocenters. The Morgan fingerprint density at radius 1 is 1.18 bits per heavy atom. The highest BCUT2D eigenvalue weighted by Gasteiger charge is 2.38. The summed E-state index contributed by atoms with van der Waals surface area (Å²) < 4.78 is 5.43. The minimum atomic E-state index is -1.90. The van der Waals surface area contributed by atoms with E-state index in [0.29, 0.717) is 5.92 Å². The van der Waals surface area contributed by atoms with Gasteiger partial charge in [0, 0.05) is 47.7 Å². The predicted molar refractivity (Wildman–Crippen MR) is 182 cm³/mol. The highest BCUT2D eigenvalue weighted by molar-refractivity contribution is 8.29. The van der Waals surface area contributed by atoms with Gasteiger partial charge in [0.05, 0.1) is 5.69 Å². The number of nitrogens with zero attached hydrogens (tertiary/aromatic N) is 4. The van der Waals surface area contributed by atoms with E-state index < -0.39 is 9.39 Å². The minimum absolute atomic E-state index is 0.0319. The van der Waals surface area contributed by atoms with Crippen LogP contribution in [0.4, 0.5) is 5.82 Å². The van der Waals surface area contributed by atoms with E-state index in [1.54, 1.807) is 0 Å². The van der Waals surface area contributed by atoms with Crippen molar-refractivity contribution in [2.45, 2.75) is 87.1 Å². The van der Waals surface area contributed by atoms with Crippen molar-refractivity contribution >= 4 is 32.6 Å². The zero-order chi connectivity index (χ0) is 30.5. The summed E-state index contributed by atoms with van der Waals surface area (Å²) in [5.41, 5.74) is 3.95. The van der Waals surface area contributed by atoms with E-state index in [4.69, 9.17) is 10.1 Å². The number of hydrogen-bond donors (Lipinski definition) is 2. The molecule has 0 saturated carbocycles. The van der Waals surface area contributed by atoms with Crippen LogP contribution in [0.25, 0.3) is 11.5 Å². The third-order valence-corrected chi connectivity index (χ3v) is 8.91. The Morgan fingerprint density at radius 2 is 1.82 bits per heavy atom. The summed E-state index contributed by atoms with van der Waals surface area (Å²) in [5, 5.41) is 7.96. The van der Waals surface area contributed by atoms with Crippen LogP contribution in [0, 0.1) is 11.3 Å². The molecule has 6 nitrogen and oxygen atoms in total. The SMILES string of the molecule is C=C(C)/C(=C\NC)S(=C)(=C)NC(=C)c1ccc(-n2ccc(CCC(C)(C)C)n2)nc1N1CC(C)CC1(C)C.CC. The zero-order valence-electron chi connectivity index (χ0n) is 26.8. The van der Waals surface area contributed by atoms with E-state index in [1.165, 1.54) is 0 Å². The van der Waals surface area contributed by atoms with Crippen LogP contribution < -0.4 is 14.9 Å². The Bertz CT molecular complexity index is 1320. The van der Waals surface area contributed by atoms with E-state index >= 15 is 0 Å². The van der Waals surface area contributed by atoms with Gasteiger partial charge >= 0.3 is 0 Å². The Hall–Kier alpha value is -2.93. The van der Waals surface area contributed by atoms with Crippen LogP contribution in [0.15, 0.2) is 54.2 Å². The molecular weight excluding hydrogens is 512 g/mol. The monoisotopic (exact) mass is 566 g/mol. The molecule has 2 N–H and O–H groups in total. The molecule has 1 aliphatic rings. The van der Waals surface area contributed by atoms with Gasteiger partial charge in [-0.3, -0.25) is 0 Å². The molecule has 0 radical (unpaired) electrons. The lowest BCUT2D eigenvalue weighted by Crippen LogP contribution is -2.39. The topological polar surface area (TPSA) is 58.0 Å². The second kappa shape index (κ2) is 13.2. The van der Waals surface area contributed by atoms with E-state index in [0.717, 1.165) is 64.9 Å². The van der Waals surface area contributed by atoms with Crippen LogP contribution in [0.3, 0.4) is 0 Å². The van der Waals surface area contributed by atoms with Crippen molar-refractivity contribution < 1.29 is 0 Å². The molecule has 7 heteroatoms. The fraction of sp³-hybridized carbons (Fsp3) is 0.515. The first-order valence-electron chi connectivity index (χ1n) is 14.4. The molecule has 0 bridgehead atoms. The van der Waals surface area contributed by atoms with Crippen LogP contribution in [-0.2, 0) is 6.42 Å². The van der Waals surface area contributed by atoms with Gasteiger partial charge in [0.15, 0.2) is 5.82 Å². The van der Waals surface area contributed by atoms with Crippen molar-refractivity contribution in [1.29, 1.82) is 0 Å². The molecule has 0 amide bonds. The van der Waals surface area contributed by atoms with Crippen LogP contribution in [0.1, 0.15) is 86.4 Å². The van der Waals surface area contributed by atoms with Crippen molar-refractivity contribution in [2.75, 3.05) is 18.5 Å². The third-order valence-electron chi connectivity index (χ3n) is 6.96. The number of aromatic nitrogens is 3. The standard InChI is InChI=1S/C31H48N6S.C2H6/c1-22(2)27(20-32-10)38(11,12)35-24(4)26-13-14-28(33-29(26)36-21-23(3)19-31(36,8)9)37-18-16-25(34-37)15-17-30(5,6)7;1-2/h13-14,16,18,20,23,32,35H,1,4,11-12,15,17,19,21H2,2-3,5-10H3;1-2H3/b27-20+;. The predicted octanol–water partition coefficient (Wildman–Crippen LogP) is 7.68. The molecule has 40 heavy (non-hydrogen) atoms. The maximum absolute atomic E-state index is 5.19. The summed E-state index contributed by atoms with van der Waals surface area (Å²) in [4.78, 5) is 8.57. The Kier molecular flexibility index (Phi) is 10.9. The van der Waals surface area contributed by atoms with Crippen LogP contribution >= 0.6 is 9.39 Å². The normalized spacial score (nSPS) is 17.2. The number of hydrogen-bond acceptors (Lipinski definition) is 5. The molecular formula is C33H54N6S. The molecule has 1 aliphatic heterocycles. The Morgan fingerprint density at radius 3 is 2.35 bits per heavy atom. The van der Waals surface area contributed by atoms with E-state index in [-0.39, 0.29) is 11.0 Å². The molecule has 3 heterocycles. The molecule has 0 spiro atoms. The lowest BCUT2D eigenvalue weighted by Gasteiger charge is -2.35. The maximum Gasteiger partial charge on any atom is 0.155 e. The van der Waals surface area contributed by atoms with Crippen LogP contribution in [-0.4, -0.2) is 45.6 Å². The van der Waals surface area contributed by atoms with Gasteiger partial charge in [0.2, 0.25) is 0 Å². The lowest BCUT2D eigenvalue weighted by molar-refractivity contribution is 0.376. The van der Waals surface area contributed by atoms with Crippen molar-refractivity contribution in [3.05, 3.63) is 65.5 Å². The zero-order valence-corrected chi connectivity index (χ0v) is 27.6. The summed E-state index contributed by atoms with van der Waals surface area (Å²) in [6.07, 6.45) is 7.06. The molecule has 2 aromatic rings. The number of aryl methyl sites for hydroxylation is 1. The number of allylic oxidation sites excluding steroid dienone is 1. The Labute approximate surface area is 245 Å². The van der Waals surface area contributed by atoms with Crippen molar-refractivity contribution in [3.63, 3.8) is 0 Å². The van der Waals surface area contributed by atoms with Gasteiger partial charge in [-0.15, -0.1) is 9.39 Å². The molecule has 3 rings (SSSR count). The van der Waals surface area contributed by atoms with Crippen molar-refractivity contribution in [3.8, 4) is 5.82 Å². The summed E-state index contributed by atoms with van der Waals surface area (Å²) in [6, 6.07) is 6.21. The smallest absolute Gasteiger partial charge is 0.155 e. The molecule has 1 fully saturated rings. The highest BCUT2D eigenvalue weighted by Crippen LogP contribution is 2.40. The summed E-state index contributed by atoms with van der Waals surface area (Å²) in [5.74, 6) is 11.1. The fourth-order valence-corrected chi connectivity index (χ4v) is 6.84. The van der Waals surface area contributed by atoms with E-state index in [2.05, 4.69) is 93.5 Å². The molecule has 222 valence electrons. The molecule has 0 aliphatic carbocycles. The quantitative estimate of drug-likeness (QED) is 0.228. The van der Waals surface area contributed by atoms with Gasteiger partial charge in [0.1, 0.15) is 5.82 Å². The molecule has 0 aromatic carbocycles. The summed E-state index contributed by atoms with van der Waals surface area (Å²) in [7, 11) is -0.0332. The highest BCUT2D eigenvalue weighted by atomic mass is 32.2. The largest absolute Gasteiger partial charge is 0.393 e. The van der Waals surface area contributed by atoms with Crippen molar-refractivity contribution in [1.82, 2.24) is 24.8 Å². The van der Waals surface area contributed by atoms with Gasteiger partial charge in [-0.25, -0.2) is 9.67 Å². The van der Waals surface area contributed by atoms with Crippen LogP contribution in [0.5, 0.6) is 0 Å². The molecule has 1 atom stereocenters. The lowest BCUT2D eigenvalue weighted by atomic mass is 9.90.